The third kappa shape index (κ3) is 3.47. The average Bonchev–Trinajstić information content (AvgIpc) is 2.24. The molecule has 1 aromatic carbocycles. The molecule has 0 radical (unpaired) electrons. The Kier molecular flexibility index (Phi) is 3.95. The number of halogens is 3. The van der Waals surface area contributed by atoms with E-state index in [2.05, 4.69) is 0 Å². The number of hydrogen-bond acceptors (Lipinski definition) is 3. The predicted octanol–water partition coefficient (Wildman–Crippen LogP) is 3.15. The van der Waals surface area contributed by atoms with Gasteiger partial charge in [-0.25, -0.2) is 0 Å². The van der Waals surface area contributed by atoms with Crippen LogP contribution in [0.3, 0.4) is 0 Å². The van der Waals surface area contributed by atoms with Gasteiger partial charge in [0.2, 0.25) is 0 Å². The fraction of sp³-hybridized carbons (Fsp3) is 0.273. The Morgan fingerprint density at radius 1 is 1.33 bits per heavy atom. The van der Waals surface area contributed by atoms with Gasteiger partial charge in [0.05, 0.1) is 16.1 Å². The Labute approximate surface area is 101 Å². The van der Waals surface area contributed by atoms with Gasteiger partial charge in [-0.05, 0) is 24.4 Å². The summed E-state index contributed by atoms with van der Waals surface area (Å²) in [5, 5.41) is 10.7. The molecule has 18 heavy (non-hydrogen) atoms. The van der Waals surface area contributed by atoms with E-state index < -0.39 is 16.7 Å². The zero-order chi connectivity index (χ0) is 13.9. The Balaban J connectivity index is 3.29. The molecule has 0 heterocycles. The van der Waals surface area contributed by atoms with Crippen LogP contribution < -0.4 is 0 Å². The summed E-state index contributed by atoms with van der Waals surface area (Å²) < 4.78 is 37.5. The van der Waals surface area contributed by atoms with Crippen LogP contribution in [0.15, 0.2) is 24.4 Å². The molecule has 0 unspecified atom stereocenters. The lowest BCUT2D eigenvalue weighted by molar-refractivity contribution is -0.385. The van der Waals surface area contributed by atoms with Crippen molar-refractivity contribution in [3.63, 3.8) is 0 Å². The number of benzene rings is 1. The van der Waals surface area contributed by atoms with Gasteiger partial charge in [-0.15, -0.1) is 0 Å². The zero-order valence-corrected chi connectivity index (χ0v) is 9.73. The Morgan fingerprint density at radius 2 is 1.94 bits per heavy atom. The van der Waals surface area contributed by atoms with Crippen LogP contribution in [0, 0.1) is 10.1 Å². The molecule has 0 aliphatic carbocycles. The average molecular weight is 260 g/mol. The largest absolute Gasteiger partial charge is 0.416 e. The second-order valence-electron chi connectivity index (χ2n) is 3.81. The minimum atomic E-state index is -4.52. The predicted molar refractivity (Wildman–Crippen MR) is 60.8 cm³/mol. The third-order valence-electron chi connectivity index (χ3n) is 2.10. The summed E-state index contributed by atoms with van der Waals surface area (Å²) in [6.07, 6.45) is -1.80. The number of alkyl halides is 3. The van der Waals surface area contributed by atoms with Crippen molar-refractivity contribution in [3.05, 3.63) is 45.6 Å². The minimum Gasteiger partial charge on any atom is -0.383 e. The maximum Gasteiger partial charge on any atom is 0.416 e. The summed E-state index contributed by atoms with van der Waals surface area (Å²) in [4.78, 5) is 11.6. The van der Waals surface area contributed by atoms with E-state index in [9.17, 15) is 23.3 Å². The molecule has 0 fully saturated rings. The zero-order valence-electron chi connectivity index (χ0n) is 9.73. The minimum absolute atomic E-state index is 0.0801. The van der Waals surface area contributed by atoms with Gasteiger partial charge in [-0.2, -0.15) is 13.2 Å². The first kappa shape index (κ1) is 14.0. The first-order valence-corrected chi connectivity index (χ1v) is 4.92. The molecule has 0 aromatic heterocycles. The molecule has 7 heteroatoms. The first-order valence-electron chi connectivity index (χ1n) is 4.92. The maximum atomic E-state index is 12.5. The highest BCUT2D eigenvalue weighted by atomic mass is 19.4. The van der Waals surface area contributed by atoms with Crippen LogP contribution >= 0.6 is 0 Å². The number of nitro benzene ring substituents is 1. The molecule has 4 nitrogen and oxygen atoms in total. The monoisotopic (exact) mass is 260 g/mol. The Morgan fingerprint density at radius 3 is 2.39 bits per heavy atom. The summed E-state index contributed by atoms with van der Waals surface area (Å²) in [5.74, 6) is 0. The van der Waals surface area contributed by atoms with Gasteiger partial charge in [-0.3, -0.25) is 10.1 Å². The molecule has 0 amide bonds. The van der Waals surface area contributed by atoms with Gasteiger partial charge in [0.25, 0.3) is 5.69 Å². The Hall–Kier alpha value is -2.05. The number of rotatable bonds is 3. The van der Waals surface area contributed by atoms with Gasteiger partial charge in [0.1, 0.15) is 0 Å². The fourth-order valence-corrected chi connectivity index (χ4v) is 1.26. The summed E-state index contributed by atoms with van der Waals surface area (Å²) >= 11 is 0. The van der Waals surface area contributed by atoms with Gasteiger partial charge in [0, 0.05) is 20.2 Å². The molecule has 0 aliphatic rings. The standard InChI is InChI=1S/C11H11F3N2O2/c1-15(2)6-5-8-7-9(11(12,13)14)3-4-10(8)16(17)18/h3-7H,1-2H3/b6-5+. The number of nitro groups is 1. The van der Waals surface area contributed by atoms with Gasteiger partial charge in [-0.1, -0.05) is 0 Å². The highest BCUT2D eigenvalue weighted by Crippen LogP contribution is 2.32. The van der Waals surface area contributed by atoms with E-state index in [1.807, 2.05) is 0 Å². The van der Waals surface area contributed by atoms with Crippen molar-refractivity contribution >= 4 is 11.8 Å². The van der Waals surface area contributed by atoms with E-state index >= 15 is 0 Å². The molecule has 0 saturated carbocycles. The highest BCUT2D eigenvalue weighted by Gasteiger charge is 2.31. The molecule has 0 bridgehead atoms. The molecule has 0 spiro atoms. The van der Waals surface area contributed by atoms with E-state index in [0.29, 0.717) is 6.07 Å². The van der Waals surface area contributed by atoms with Crippen molar-refractivity contribution in [2.45, 2.75) is 6.18 Å². The first-order chi connectivity index (χ1) is 8.21. The molecule has 0 saturated heterocycles. The maximum absolute atomic E-state index is 12.5. The molecular formula is C11H11F3N2O2. The molecule has 1 aromatic rings. The van der Waals surface area contributed by atoms with Gasteiger partial charge < -0.3 is 4.90 Å². The normalized spacial score (nSPS) is 11.8. The van der Waals surface area contributed by atoms with Crippen LogP contribution in [-0.4, -0.2) is 23.9 Å². The quantitative estimate of drug-likeness (QED) is 0.619. The molecule has 98 valence electrons. The number of hydrogen-bond donors (Lipinski definition) is 0. The summed E-state index contributed by atoms with van der Waals surface area (Å²) in [6.45, 7) is 0. The summed E-state index contributed by atoms with van der Waals surface area (Å²) in [7, 11) is 3.33. The number of nitrogens with zero attached hydrogens (tertiary/aromatic N) is 2. The van der Waals surface area contributed by atoms with E-state index in [0.717, 1.165) is 12.1 Å². The fourth-order valence-electron chi connectivity index (χ4n) is 1.26. The second-order valence-corrected chi connectivity index (χ2v) is 3.81. The van der Waals surface area contributed by atoms with Crippen LogP contribution in [0.2, 0.25) is 0 Å². The molecule has 0 N–H and O–H groups in total. The van der Waals surface area contributed by atoms with Crippen molar-refractivity contribution in [1.82, 2.24) is 4.90 Å². The van der Waals surface area contributed by atoms with E-state index in [-0.39, 0.29) is 11.3 Å². The summed E-state index contributed by atoms with van der Waals surface area (Å²) in [6, 6.07) is 2.32. The van der Waals surface area contributed by atoms with Gasteiger partial charge >= 0.3 is 6.18 Å². The van der Waals surface area contributed by atoms with E-state index in [1.165, 1.54) is 12.3 Å². The van der Waals surface area contributed by atoms with Crippen molar-refractivity contribution in [2.24, 2.45) is 0 Å². The van der Waals surface area contributed by atoms with E-state index in [1.54, 1.807) is 19.0 Å². The second kappa shape index (κ2) is 5.07. The van der Waals surface area contributed by atoms with Crippen molar-refractivity contribution in [1.29, 1.82) is 0 Å². The van der Waals surface area contributed by atoms with E-state index in [4.69, 9.17) is 0 Å². The summed E-state index contributed by atoms with van der Waals surface area (Å²) in [5.41, 5.74) is -1.35. The smallest absolute Gasteiger partial charge is 0.383 e. The topological polar surface area (TPSA) is 46.4 Å². The lowest BCUT2D eigenvalue weighted by Gasteiger charge is -2.08. The van der Waals surface area contributed by atoms with Crippen LogP contribution in [-0.2, 0) is 6.18 Å². The van der Waals surface area contributed by atoms with Gasteiger partial charge in [0.15, 0.2) is 0 Å². The molecule has 0 aliphatic heterocycles. The van der Waals surface area contributed by atoms with Crippen LogP contribution in [0.4, 0.5) is 18.9 Å². The molecular weight excluding hydrogens is 249 g/mol. The SMILES string of the molecule is CN(C)/C=C/c1cc(C(F)(F)F)ccc1[N+](=O)[O-]. The lowest BCUT2D eigenvalue weighted by atomic mass is 10.1. The highest BCUT2D eigenvalue weighted by molar-refractivity contribution is 5.62. The third-order valence-corrected chi connectivity index (χ3v) is 2.10. The van der Waals surface area contributed by atoms with Crippen LogP contribution in [0.25, 0.3) is 6.08 Å². The van der Waals surface area contributed by atoms with Crippen LogP contribution in [0.5, 0.6) is 0 Å². The van der Waals surface area contributed by atoms with Crippen molar-refractivity contribution < 1.29 is 18.1 Å². The lowest BCUT2D eigenvalue weighted by Crippen LogP contribution is -2.06. The molecule has 1 rings (SSSR count). The van der Waals surface area contributed by atoms with Crippen LogP contribution in [0.1, 0.15) is 11.1 Å². The van der Waals surface area contributed by atoms with Crippen molar-refractivity contribution in [3.8, 4) is 0 Å². The molecule has 0 atom stereocenters. The Bertz CT molecular complexity index is 482. The van der Waals surface area contributed by atoms with Crippen molar-refractivity contribution in [2.75, 3.05) is 14.1 Å².